The Morgan fingerprint density at radius 3 is 2.21 bits per heavy atom. The molecule has 2 fully saturated rings. The van der Waals surface area contributed by atoms with Crippen LogP contribution >= 0.6 is 0 Å². The quantitative estimate of drug-likeness (QED) is 0.716. The fourth-order valence-electron chi connectivity index (χ4n) is 1.69. The number of likely N-dealkylation sites (N-methyl/N-ethyl adjacent to an activating group) is 1. The Bertz CT molecular complexity index is 227. The van der Waals surface area contributed by atoms with Gasteiger partial charge < -0.3 is 19.7 Å². The molecule has 0 amide bonds. The molecule has 1 N–H and O–H groups in total. The Hall–Kier alpha value is -0.690. The number of morpholine rings is 1. The fraction of sp³-hybridized carbons (Fsp3) is 0.923. The predicted octanol–water partition coefficient (Wildman–Crippen LogP) is -0.00330. The molecule has 0 spiro atoms. The van der Waals surface area contributed by atoms with Gasteiger partial charge in [0.25, 0.3) is 0 Å². The van der Waals surface area contributed by atoms with Gasteiger partial charge in [-0.1, -0.05) is 7.43 Å². The van der Waals surface area contributed by atoms with Crippen molar-refractivity contribution in [3.8, 4) is 0 Å². The van der Waals surface area contributed by atoms with Gasteiger partial charge in [-0.05, 0) is 7.05 Å². The molecule has 2 heterocycles. The van der Waals surface area contributed by atoms with Crippen molar-refractivity contribution < 1.29 is 14.3 Å². The molecule has 19 heavy (non-hydrogen) atoms. The zero-order valence-electron chi connectivity index (χ0n) is 11.5. The first-order chi connectivity index (χ1) is 8.68. The first-order valence-corrected chi connectivity index (χ1v) is 6.51. The van der Waals surface area contributed by atoms with Crippen LogP contribution in [0.4, 0.5) is 0 Å². The summed E-state index contributed by atoms with van der Waals surface area (Å²) in [5.41, 5.74) is 0. The maximum absolute atomic E-state index is 10.4. The molecule has 114 valence electrons. The second kappa shape index (κ2) is 11.2. The number of piperazine rings is 1. The van der Waals surface area contributed by atoms with Crippen LogP contribution in [-0.4, -0.2) is 82.0 Å². The second-order valence-corrected chi connectivity index (χ2v) is 4.55. The summed E-state index contributed by atoms with van der Waals surface area (Å²) in [4.78, 5) is 14.8. The van der Waals surface area contributed by atoms with Gasteiger partial charge in [-0.3, -0.25) is 9.69 Å². The van der Waals surface area contributed by atoms with E-state index in [2.05, 4.69) is 17.3 Å². The molecule has 0 aromatic carbocycles. The molecule has 0 atom stereocenters. The highest BCUT2D eigenvalue weighted by molar-refractivity contribution is 5.65. The fourth-order valence-corrected chi connectivity index (χ4v) is 1.69. The van der Waals surface area contributed by atoms with Crippen LogP contribution in [0.3, 0.4) is 0 Å². The molecule has 0 aliphatic carbocycles. The molecular weight excluding hydrogens is 246 g/mol. The van der Waals surface area contributed by atoms with Gasteiger partial charge in [0.1, 0.15) is 6.73 Å². The summed E-state index contributed by atoms with van der Waals surface area (Å²) in [6.45, 7) is 9.75. The molecule has 0 aromatic rings. The van der Waals surface area contributed by atoms with Gasteiger partial charge in [0.2, 0.25) is 0 Å². The molecule has 0 aromatic heterocycles. The third-order valence-corrected chi connectivity index (χ3v) is 2.89. The first-order valence-electron chi connectivity index (χ1n) is 6.51. The third-order valence-electron chi connectivity index (χ3n) is 2.89. The van der Waals surface area contributed by atoms with Gasteiger partial charge in [0, 0.05) is 46.2 Å². The average Bonchev–Trinajstić information content (AvgIpc) is 2.39. The van der Waals surface area contributed by atoms with E-state index in [1.807, 2.05) is 4.90 Å². The highest BCUT2D eigenvalue weighted by Crippen LogP contribution is 1.96. The number of carbonyl (C=O) groups is 1. The molecule has 6 nitrogen and oxygen atoms in total. The summed E-state index contributed by atoms with van der Waals surface area (Å²) in [5.74, 6) is -0.225. The number of rotatable bonds is 2. The van der Waals surface area contributed by atoms with Crippen LogP contribution in [0.15, 0.2) is 0 Å². The summed E-state index contributed by atoms with van der Waals surface area (Å²) < 4.78 is 9.94. The van der Waals surface area contributed by atoms with Crippen LogP contribution in [0.1, 0.15) is 14.4 Å². The van der Waals surface area contributed by atoms with Crippen LogP contribution in [0.5, 0.6) is 0 Å². The van der Waals surface area contributed by atoms with E-state index < -0.39 is 0 Å². The molecule has 0 bridgehead atoms. The van der Waals surface area contributed by atoms with Gasteiger partial charge in [-0.15, -0.1) is 0 Å². The van der Waals surface area contributed by atoms with Gasteiger partial charge in [-0.25, -0.2) is 0 Å². The lowest BCUT2D eigenvalue weighted by Crippen LogP contribution is -2.40. The number of hydrogen-bond donors (Lipinski definition) is 1. The number of nitrogens with zero attached hydrogens (tertiary/aromatic N) is 2. The van der Waals surface area contributed by atoms with Crippen LogP contribution in [0.2, 0.25) is 0 Å². The summed E-state index contributed by atoms with van der Waals surface area (Å²) in [6, 6.07) is 0. The van der Waals surface area contributed by atoms with Gasteiger partial charge in [0.05, 0.1) is 13.2 Å². The number of hydrogen-bond acceptors (Lipinski definition) is 6. The van der Waals surface area contributed by atoms with E-state index in [4.69, 9.17) is 9.47 Å². The van der Waals surface area contributed by atoms with Crippen LogP contribution < -0.4 is 5.32 Å². The van der Waals surface area contributed by atoms with E-state index in [0.29, 0.717) is 6.73 Å². The Kier molecular flexibility index (Phi) is 10.8. The van der Waals surface area contributed by atoms with E-state index in [1.54, 1.807) is 0 Å². The Morgan fingerprint density at radius 1 is 1.21 bits per heavy atom. The first kappa shape index (κ1) is 18.3. The summed E-state index contributed by atoms with van der Waals surface area (Å²) in [5, 5.41) is 3.27. The summed E-state index contributed by atoms with van der Waals surface area (Å²) in [6.07, 6.45) is 0. The highest BCUT2D eigenvalue weighted by atomic mass is 16.5. The molecule has 2 saturated heterocycles. The molecule has 2 aliphatic heterocycles. The zero-order valence-corrected chi connectivity index (χ0v) is 11.5. The van der Waals surface area contributed by atoms with Crippen molar-refractivity contribution in [3.63, 3.8) is 0 Å². The smallest absolute Gasteiger partial charge is 0.303 e. The summed E-state index contributed by atoms with van der Waals surface area (Å²) >= 11 is 0. The molecule has 2 aliphatic rings. The van der Waals surface area contributed by atoms with Crippen molar-refractivity contribution in [1.82, 2.24) is 15.1 Å². The second-order valence-electron chi connectivity index (χ2n) is 4.55. The van der Waals surface area contributed by atoms with Crippen molar-refractivity contribution in [2.24, 2.45) is 0 Å². The standard InChI is InChI=1S/C7H13NO3.C5H12N2.CH4/c1-7(9)11-6-8-2-4-10-5-3-8;1-7-4-2-6-3-5-7;/h2-6H2,1H3;6H,2-5H2,1H3;1H4. The molecule has 0 radical (unpaired) electrons. The lowest BCUT2D eigenvalue weighted by molar-refractivity contribution is -0.147. The lowest BCUT2D eigenvalue weighted by atomic mass is 10.4. The molecule has 0 unspecified atom stereocenters. The number of nitrogens with one attached hydrogen (secondary N) is 1. The molecular formula is C13H29N3O3. The third kappa shape index (κ3) is 9.84. The molecule has 2 rings (SSSR count). The normalized spacial score (nSPS) is 20.7. The highest BCUT2D eigenvalue weighted by Gasteiger charge is 2.10. The summed E-state index contributed by atoms with van der Waals surface area (Å²) in [7, 11) is 2.15. The van der Waals surface area contributed by atoms with Crippen LogP contribution in [0.25, 0.3) is 0 Å². The van der Waals surface area contributed by atoms with Crippen molar-refractivity contribution in [1.29, 1.82) is 0 Å². The zero-order chi connectivity index (χ0) is 13.2. The van der Waals surface area contributed by atoms with E-state index in [1.165, 1.54) is 20.0 Å². The van der Waals surface area contributed by atoms with Crippen LogP contribution in [0, 0.1) is 0 Å². The van der Waals surface area contributed by atoms with Crippen molar-refractivity contribution in [2.75, 3.05) is 66.3 Å². The predicted molar refractivity (Wildman–Crippen MR) is 76.1 cm³/mol. The monoisotopic (exact) mass is 275 g/mol. The van der Waals surface area contributed by atoms with Crippen molar-refractivity contribution in [2.45, 2.75) is 14.4 Å². The van der Waals surface area contributed by atoms with Crippen molar-refractivity contribution >= 4 is 5.97 Å². The number of carbonyl (C=O) groups excluding carboxylic acids is 1. The SMILES string of the molecule is C.CC(=O)OCN1CCOCC1.CN1CCNCC1. The number of esters is 1. The van der Waals surface area contributed by atoms with Gasteiger partial charge in [0.15, 0.2) is 0 Å². The minimum absolute atomic E-state index is 0. The van der Waals surface area contributed by atoms with E-state index >= 15 is 0 Å². The van der Waals surface area contributed by atoms with E-state index in [0.717, 1.165) is 39.4 Å². The van der Waals surface area contributed by atoms with Crippen LogP contribution in [-0.2, 0) is 14.3 Å². The molecule has 6 heteroatoms. The number of ether oxygens (including phenoxy) is 2. The minimum Gasteiger partial charge on any atom is -0.450 e. The van der Waals surface area contributed by atoms with Gasteiger partial charge >= 0.3 is 5.97 Å². The Morgan fingerprint density at radius 2 is 1.79 bits per heavy atom. The minimum atomic E-state index is -0.225. The largest absolute Gasteiger partial charge is 0.450 e. The maximum atomic E-state index is 10.4. The Balaban J connectivity index is 0.000000352. The van der Waals surface area contributed by atoms with E-state index in [-0.39, 0.29) is 13.4 Å². The Labute approximate surface area is 117 Å². The lowest BCUT2D eigenvalue weighted by Gasteiger charge is -2.25. The average molecular weight is 275 g/mol. The topological polar surface area (TPSA) is 54.0 Å². The maximum Gasteiger partial charge on any atom is 0.303 e. The van der Waals surface area contributed by atoms with Gasteiger partial charge in [-0.2, -0.15) is 0 Å². The van der Waals surface area contributed by atoms with Crippen molar-refractivity contribution in [3.05, 3.63) is 0 Å². The van der Waals surface area contributed by atoms with E-state index in [9.17, 15) is 4.79 Å². The molecule has 0 saturated carbocycles.